The van der Waals surface area contributed by atoms with Crippen LogP contribution in [0.2, 0.25) is 0 Å². The standard InChI is InChI=1S/C29H30N4O4S/c1-4-14-33-15-13-23-21(16-33)26(20-10-5-7-11-22(20)30-23)28(35)37-18(2)27(34)32-29-31-24(17-38-29)19-9-6-8-12-25(19)36-3/h5-12,17-18H,4,13-16H2,1-3H3,(H,31,32,34). The Labute approximate surface area is 225 Å². The highest BCUT2D eigenvalue weighted by molar-refractivity contribution is 7.14. The summed E-state index contributed by atoms with van der Waals surface area (Å²) in [6.07, 6.45) is 0.789. The number of rotatable bonds is 8. The molecule has 0 radical (unpaired) electrons. The van der Waals surface area contributed by atoms with Gasteiger partial charge in [0, 0.05) is 47.1 Å². The molecular weight excluding hydrogens is 500 g/mol. The van der Waals surface area contributed by atoms with E-state index >= 15 is 0 Å². The molecule has 1 aliphatic rings. The maximum absolute atomic E-state index is 13.5. The number of nitrogens with one attached hydrogen (secondary N) is 1. The van der Waals surface area contributed by atoms with Crippen molar-refractivity contribution in [1.29, 1.82) is 0 Å². The van der Waals surface area contributed by atoms with E-state index in [0.29, 0.717) is 28.7 Å². The molecule has 8 nitrogen and oxygen atoms in total. The van der Waals surface area contributed by atoms with Crippen molar-refractivity contribution in [3.8, 4) is 17.0 Å². The molecule has 4 aromatic rings. The van der Waals surface area contributed by atoms with E-state index in [9.17, 15) is 9.59 Å². The highest BCUT2D eigenvalue weighted by Gasteiger charge is 2.28. The van der Waals surface area contributed by atoms with Crippen LogP contribution in [0, 0.1) is 0 Å². The van der Waals surface area contributed by atoms with Gasteiger partial charge >= 0.3 is 5.97 Å². The van der Waals surface area contributed by atoms with Crippen molar-refractivity contribution in [2.75, 3.05) is 25.5 Å². The lowest BCUT2D eigenvalue weighted by Crippen LogP contribution is -2.34. The van der Waals surface area contributed by atoms with E-state index in [1.807, 2.05) is 53.9 Å². The number of hydrogen-bond donors (Lipinski definition) is 1. The second-order valence-corrected chi connectivity index (χ2v) is 10.1. The number of carbonyl (C=O) groups is 2. The lowest BCUT2D eigenvalue weighted by Gasteiger charge is -2.29. The van der Waals surface area contributed by atoms with Gasteiger partial charge in [-0.25, -0.2) is 9.78 Å². The van der Waals surface area contributed by atoms with Gasteiger partial charge in [0.05, 0.1) is 23.9 Å². The molecule has 196 valence electrons. The summed E-state index contributed by atoms with van der Waals surface area (Å²) in [5.41, 5.74) is 4.59. The molecule has 2 aromatic carbocycles. The molecule has 1 aliphatic heterocycles. The Morgan fingerprint density at radius 2 is 1.92 bits per heavy atom. The maximum Gasteiger partial charge on any atom is 0.339 e. The third-order valence-electron chi connectivity index (χ3n) is 6.64. The molecule has 5 rings (SSSR count). The third-order valence-corrected chi connectivity index (χ3v) is 7.40. The van der Waals surface area contributed by atoms with E-state index < -0.39 is 18.0 Å². The van der Waals surface area contributed by atoms with Gasteiger partial charge < -0.3 is 9.47 Å². The number of thiazole rings is 1. The Bertz CT molecular complexity index is 1480. The zero-order valence-electron chi connectivity index (χ0n) is 21.7. The Kier molecular flexibility index (Phi) is 7.67. The number of aromatic nitrogens is 2. The van der Waals surface area contributed by atoms with Crippen molar-refractivity contribution in [3.63, 3.8) is 0 Å². The largest absolute Gasteiger partial charge is 0.496 e. The minimum atomic E-state index is -1.01. The Hall–Kier alpha value is -3.82. The van der Waals surface area contributed by atoms with E-state index in [1.165, 1.54) is 11.3 Å². The van der Waals surface area contributed by atoms with E-state index in [4.69, 9.17) is 14.5 Å². The van der Waals surface area contributed by atoms with Gasteiger partial charge in [-0.1, -0.05) is 37.3 Å². The summed E-state index contributed by atoms with van der Waals surface area (Å²) in [6.45, 7) is 6.21. The lowest BCUT2D eigenvalue weighted by atomic mass is 9.95. The average Bonchev–Trinajstić information content (AvgIpc) is 3.40. The quantitative estimate of drug-likeness (QED) is 0.308. The number of amides is 1. The van der Waals surface area contributed by atoms with E-state index in [2.05, 4.69) is 22.1 Å². The van der Waals surface area contributed by atoms with Crippen LogP contribution in [0.5, 0.6) is 5.75 Å². The zero-order valence-corrected chi connectivity index (χ0v) is 22.5. The molecule has 9 heteroatoms. The Morgan fingerprint density at radius 3 is 2.74 bits per heavy atom. The van der Waals surface area contributed by atoms with Crippen LogP contribution >= 0.6 is 11.3 Å². The van der Waals surface area contributed by atoms with Gasteiger partial charge in [0.15, 0.2) is 11.2 Å². The highest BCUT2D eigenvalue weighted by atomic mass is 32.1. The van der Waals surface area contributed by atoms with Crippen LogP contribution in [-0.2, 0) is 22.5 Å². The molecule has 1 unspecified atom stereocenters. The lowest BCUT2D eigenvalue weighted by molar-refractivity contribution is -0.123. The number of benzene rings is 2. The molecule has 0 fully saturated rings. The van der Waals surface area contributed by atoms with Crippen LogP contribution in [0.15, 0.2) is 53.9 Å². The molecule has 1 N–H and O–H groups in total. The van der Waals surface area contributed by atoms with Crippen molar-refractivity contribution in [2.45, 2.75) is 39.3 Å². The smallest absolute Gasteiger partial charge is 0.339 e. The predicted molar refractivity (Wildman–Crippen MR) is 149 cm³/mol. The normalized spacial score (nSPS) is 14.1. The summed E-state index contributed by atoms with van der Waals surface area (Å²) in [4.78, 5) is 38.2. The van der Waals surface area contributed by atoms with Crippen molar-refractivity contribution in [3.05, 3.63) is 70.7 Å². The number of hydrogen-bond acceptors (Lipinski definition) is 8. The first-order chi connectivity index (χ1) is 18.5. The van der Waals surface area contributed by atoms with Gasteiger partial charge in [-0.15, -0.1) is 11.3 Å². The van der Waals surface area contributed by atoms with Crippen LogP contribution in [0.1, 0.15) is 41.9 Å². The summed E-state index contributed by atoms with van der Waals surface area (Å²) >= 11 is 1.30. The monoisotopic (exact) mass is 530 g/mol. The fraction of sp³-hybridized carbons (Fsp3) is 0.310. The maximum atomic E-state index is 13.5. The molecule has 38 heavy (non-hydrogen) atoms. The number of pyridine rings is 1. The molecule has 0 saturated heterocycles. The molecule has 1 atom stereocenters. The SMILES string of the molecule is CCCN1CCc2nc3ccccc3c(C(=O)OC(C)C(=O)Nc3nc(-c4ccccc4OC)cs3)c2C1. The Balaban J connectivity index is 1.35. The molecule has 0 saturated carbocycles. The molecule has 2 aromatic heterocycles. The van der Waals surface area contributed by atoms with Crippen LogP contribution in [0.25, 0.3) is 22.2 Å². The van der Waals surface area contributed by atoms with Crippen LogP contribution in [0.3, 0.4) is 0 Å². The topological polar surface area (TPSA) is 93.7 Å². The summed E-state index contributed by atoms with van der Waals surface area (Å²) in [5, 5.41) is 5.78. The van der Waals surface area contributed by atoms with Gasteiger partial charge in [-0.2, -0.15) is 0 Å². The van der Waals surface area contributed by atoms with Gasteiger partial charge in [0.25, 0.3) is 5.91 Å². The molecule has 0 bridgehead atoms. The summed E-state index contributed by atoms with van der Waals surface area (Å²) in [6, 6.07) is 15.1. The summed E-state index contributed by atoms with van der Waals surface area (Å²) in [7, 11) is 1.61. The van der Waals surface area contributed by atoms with Crippen molar-refractivity contribution in [2.24, 2.45) is 0 Å². The number of fused-ring (bicyclic) bond motifs is 2. The summed E-state index contributed by atoms with van der Waals surface area (Å²) < 4.78 is 11.1. The van der Waals surface area contributed by atoms with Crippen molar-refractivity contribution >= 4 is 39.2 Å². The highest BCUT2D eigenvalue weighted by Crippen LogP contribution is 2.32. The van der Waals surface area contributed by atoms with Crippen LogP contribution in [-0.4, -0.2) is 53.0 Å². The average molecular weight is 531 g/mol. The second-order valence-electron chi connectivity index (χ2n) is 9.23. The van der Waals surface area contributed by atoms with Gasteiger partial charge in [-0.05, 0) is 38.1 Å². The minimum absolute atomic E-state index is 0.417. The molecule has 1 amide bonds. The first-order valence-electron chi connectivity index (χ1n) is 12.7. The van der Waals surface area contributed by atoms with Crippen molar-refractivity contribution in [1.82, 2.24) is 14.9 Å². The van der Waals surface area contributed by atoms with Gasteiger partial charge in [0.2, 0.25) is 0 Å². The van der Waals surface area contributed by atoms with Crippen LogP contribution < -0.4 is 10.1 Å². The predicted octanol–water partition coefficient (Wildman–Crippen LogP) is 5.32. The number of methoxy groups -OCH3 is 1. The number of anilines is 1. The number of nitrogens with zero attached hydrogens (tertiary/aromatic N) is 3. The first-order valence-corrected chi connectivity index (χ1v) is 13.6. The fourth-order valence-corrected chi connectivity index (χ4v) is 5.49. The molecule has 0 spiro atoms. The van der Waals surface area contributed by atoms with E-state index in [-0.39, 0.29) is 0 Å². The van der Waals surface area contributed by atoms with Gasteiger partial charge in [0.1, 0.15) is 5.75 Å². The summed E-state index contributed by atoms with van der Waals surface area (Å²) in [5.74, 6) is -0.266. The number of esters is 1. The number of para-hydroxylation sites is 2. The third kappa shape index (κ3) is 5.25. The number of carbonyl (C=O) groups excluding carboxylic acids is 2. The minimum Gasteiger partial charge on any atom is -0.496 e. The van der Waals surface area contributed by atoms with Crippen molar-refractivity contribution < 1.29 is 19.1 Å². The second kappa shape index (κ2) is 11.3. The fourth-order valence-electron chi connectivity index (χ4n) is 4.78. The van der Waals surface area contributed by atoms with Crippen LogP contribution in [0.4, 0.5) is 5.13 Å². The molecular formula is C29H30N4O4S. The van der Waals surface area contributed by atoms with E-state index in [0.717, 1.165) is 53.7 Å². The first kappa shape index (κ1) is 25.8. The molecule has 3 heterocycles. The molecule has 0 aliphatic carbocycles. The number of ether oxygens (including phenoxy) is 2. The Morgan fingerprint density at radius 1 is 1.13 bits per heavy atom. The van der Waals surface area contributed by atoms with Gasteiger partial charge in [-0.3, -0.25) is 20.0 Å². The zero-order chi connectivity index (χ0) is 26.6. The van der Waals surface area contributed by atoms with E-state index in [1.54, 1.807) is 14.0 Å².